The highest BCUT2D eigenvalue weighted by atomic mass is 32.2. The third kappa shape index (κ3) is 3.76. The number of nitrogens with zero attached hydrogens (tertiary/aromatic N) is 2. The average Bonchev–Trinajstić information content (AvgIpc) is 2.69. The van der Waals surface area contributed by atoms with Crippen LogP contribution < -0.4 is 5.32 Å². The van der Waals surface area contributed by atoms with E-state index in [9.17, 15) is 8.42 Å². The zero-order chi connectivity index (χ0) is 19.6. The van der Waals surface area contributed by atoms with Gasteiger partial charge in [-0.05, 0) is 37.0 Å². The number of aryl methyl sites for hydroxylation is 1. The summed E-state index contributed by atoms with van der Waals surface area (Å²) in [5.41, 5.74) is 3.16. The van der Waals surface area contributed by atoms with Crippen LogP contribution in [0.25, 0.3) is 11.4 Å². The topological polar surface area (TPSA) is 92.2 Å². The number of hydrogen-bond donors (Lipinski definition) is 2. The Balaban J connectivity index is 1.80. The van der Waals surface area contributed by atoms with Gasteiger partial charge in [0.15, 0.2) is 21.5 Å². The molecule has 6 nitrogen and oxygen atoms in total. The van der Waals surface area contributed by atoms with Gasteiger partial charge in [-0.25, -0.2) is 18.4 Å². The molecule has 1 aliphatic heterocycles. The molecule has 0 unspecified atom stereocenters. The van der Waals surface area contributed by atoms with Crippen LogP contribution in [0.4, 0.5) is 11.5 Å². The molecule has 0 saturated carbocycles. The lowest BCUT2D eigenvalue weighted by atomic mass is 10.1. The molecule has 3 aromatic rings. The average molecular weight is 395 g/mol. The summed E-state index contributed by atoms with van der Waals surface area (Å²) in [6.45, 7) is 0.0882. The molecule has 4 rings (SSSR count). The number of nitrogens with one attached hydrogen (secondary N) is 1. The first-order valence-corrected chi connectivity index (χ1v) is 10.9. The zero-order valence-corrected chi connectivity index (χ0v) is 16.1. The first kappa shape index (κ1) is 18.6. The molecule has 0 amide bonds. The SMILES string of the molecule is O=S1(=O)CCCc2nc(-c3ccccc3)nc(Nc3ccc(CCO)cc3)c21. The minimum Gasteiger partial charge on any atom is -0.396 e. The Morgan fingerprint density at radius 3 is 2.46 bits per heavy atom. The lowest BCUT2D eigenvalue weighted by Crippen LogP contribution is -2.20. The van der Waals surface area contributed by atoms with Crippen molar-refractivity contribution in [3.05, 3.63) is 65.9 Å². The Labute approximate surface area is 164 Å². The number of anilines is 2. The van der Waals surface area contributed by atoms with E-state index < -0.39 is 9.84 Å². The van der Waals surface area contributed by atoms with Crippen molar-refractivity contribution in [2.75, 3.05) is 17.7 Å². The Morgan fingerprint density at radius 2 is 1.75 bits per heavy atom. The van der Waals surface area contributed by atoms with Crippen molar-refractivity contribution in [3.8, 4) is 11.4 Å². The van der Waals surface area contributed by atoms with E-state index in [0.717, 1.165) is 16.8 Å². The fourth-order valence-corrected chi connectivity index (χ4v) is 4.97. The van der Waals surface area contributed by atoms with Crippen molar-refractivity contribution in [1.82, 2.24) is 9.97 Å². The highest BCUT2D eigenvalue weighted by molar-refractivity contribution is 7.91. The van der Waals surface area contributed by atoms with Gasteiger partial charge in [0.1, 0.15) is 4.90 Å². The van der Waals surface area contributed by atoms with Crippen LogP contribution in [0.5, 0.6) is 0 Å². The van der Waals surface area contributed by atoms with Crippen molar-refractivity contribution in [2.24, 2.45) is 0 Å². The summed E-state index contributed by atoms with van der Waals surface area (Å²) in [5.74, 6) is 0.937. The van der Waals surface area contributed by atoms with E-state index in [0.29, 0.717) is 36.6 Å². The van der Waals surface area contributed by atoms with Crippen LogP contribution in [-0.2, 0) is 22.7 Å². The second-order valence-corrected chi connectivity index (χ2v) is 8.80. The quantitative estimate of drug-likeness (QED) is 0.690. The third-order valence-electron chi connectivity index (χ3n) is 4.72. The third-order valence-corrected chi connectivity index (χ3v) is 6.60. The minimum absolute atomic E-state index is 0.0882. The molecule has 1 aliphatic rings. The molecule has 0 aliphatic carbocycles. The van der Waals surface area contributed by atoms with E-state index in [4.69, 9.17) is 5.11 Å². The number of aliphatic hydroxyl groups excluding tert-OH is 1. The number of aromatic nitrogens is 2. The van der Waals surface area contributed by atoms with E-state index >= 15 is 0 Å². The number of sulfone groups is 1. The summed E-state index contributed by atoms with van der Waals surface area (Å²) < 4.78 is 25.4. The number of hydrogen-bond acceptors (Lipinski definition) is 6. The van der Waals surface area contributed by atoms with E-state index in [1.165, 1.54) is 0 Å². The second kappa shape index (κ2) is 7.69. The summed E-state index contributed by atoms with van der Waals surface area (Å²) in [6.07, 6.45) is 1.76. The van der Waals surface area contributed by atoms with E-state index in [1.807, 2.05) is 54.6 Å². The second-order valence-electron chi connectivity index (χ2n) is 6.76. The molecule has 0 atom stereocenters. The van der Waals surface area contributed by atoms with E-state index in [1.54, 1.807) is 0 Å². The maximum atomic E-state index is 12.7. The molecule has 0 spiro atoms. The van der Waals surface area contributed by atoms with Gasteiger partial charge in [-0.3, -0.25) is 0 Å². The van der Waals surface area contributed by atoms with Crippen LogP contribution in [0.15, 0.2) is 59.5 Å². The van der Waals surface area contributed by atoms with Crippen molar-refractivity contribution in [3.63, 3.8) is 0 Å². The molecule has 144 valence electrons. The lowest BCUT2D eigenvalue weighted by molar-refractivity contribution is 0.299. The molecular formula is C21H21N3O3S. The van der Waals surface area contributed by atoms with E-state index in [2.05, 4.69) is 15.3 Å². The largest absolute Gasteiger partial charge is 0.396 e. The van der Waals surface area contributed by atoms with Crippen molar-refractivity contribution in [2.45, 2.75) is 24.2 Å². The zero-order valence-electron chi connectivity index (χ0n) is 15.3. The minimum atomic E-state index is -3.43. The van der Waals surface area contributed by atoms with Gasteiger partial charge in [-0.2, -0.15) is 0 Å². The highest BCUT2D eigenvalue weighted by Crippen LogP contribution is 2.33. The van der Waals surface area contributed by atoms with Gasteiger partial charge in [-0.15, -0.1) is 0 Å². The summed E-state index contributed by atoms with van der Waals surface area (Å²) in [7, 11) is -3.43. The number of benzene rings is 2. The fourth-order valence-electron chi connectivity index (χ4n) is 3.35. The summed E-state index contributed by atoms with van der Waals surface area (Å²) in [4.78, 5) is 9.33. The Kier molecular flexibility index (Phi) is 5.11. The van der Waals surface area contributed by atoms with Gasteiger partial charge >= 0.3 is 0 Å². The summed E-state index contributed by atoms with van der Waals surface area (Å²) in [6, 6.07) is 17.1. The van der Waals surface area contributed by atoms with Gasteiger partial charge in [-0.1, -0.05) is 42.5 Å². The van der Waals surface area contributed by atoms with Crippen molar-refractivity contribution in [1.29, 1.82) is 0 Å². The van der Waals surface area contributed by atoms with Crippen molar-refractivity contribution < 1.29 is 13.5 Å². The van der Waals surface area contributed by atoms with Gasteiger partial charge in [0.2, 0.25) is 0 Å². The first-order chi connectivity index (χ1) is 13.6. The van der Waals surface area contributed by atoms with Crippen molar-refractivity contribution >= 4 is 21.3 Å². The number of aliphatic hydroxyl groups is 1. The maximum Gasteiger partial charge on any atom is 0.183 e. The Morgan fingerprint density at radius 1 is 1.00 bits per heavy atom. The van der Waals surface area contributed by atoms with Crippen LogP contribution in [0, 0.1) is 0 Å². The molecule has 7 heteroatoms. The number of rotatable bonds is 5. The molecular weight excluding hydrogens is 374 g/mol. The standard InChI is InChI=1S/C21H21N3O3S/c25-13-12-15-8-10-17(11-9-15)22-21-19-18(7-4-14-28(19,26)27)23-20(24-21)16-5-2-1-3-6-16/h1-3,5-6,8-11,25H,4,7,12-14H2,(H,22,23,24). The maximum absolute atomic E-state index is 12.7. The fraction of sp³-hybridized carbons (Fsp3) is 0.238. The predicted molar refractivity (Wildman–Crippen MR) is 108 cm³/mol. The van der Waals surface area contributed by atoms with Gasteiger partial charge in [0, 0.05) is 17.9 Å². The molecule has 0 radical (unpaired) electrons. The molecule has 0 saturated heterocycles. The highest BCUT2D eigenvalue weighted by Gasteiger charge is 2.30. The van der Waals surface area contributed by atoms with Crippen LogP contribution in [0.2, 0.25) is 0 Å². The lowest BCUT2D eigenvalue weighted by Gasteiger charge is -2.20. The van der Waals surface area contributed by atoms with Crippen LogP contribution in [0.1, 0.15) is 17.7 Å². The van der Waals surface area contributed by atoms with Gasteiger partial charge in [0.05, 0.1) is 11.4 Å². The molecule has 2 N–H and O–H groups in total. The molecule has 1 aromatic heterocycles. The molecule has 2 aromatic carbocycles. The molecule has 28 heavy (non-hydrogen) atoms. The Bertz CT molecular complexity index is 1080. The van der Waals surface area contributed by atoms with Gasteiger partial charge < -0.3 is 10.4 Å². The normalized spacial score (nSPS) is 15.0. The monoisotopic (exact) mass is 395 g/mol. The van der Waals surface area contributed by atoms with Crippen LogP contribution in [-0.4, -0.2) is 35.9 Å². The smallest absolute Gasteiger partial charge is 0.183 e. The summed E-state index contributed by atoms with van der Waals surface area (Å²) in [5, 5.41) is 12.2. The van der Waals surface area contributed by atoms with E-state index in [-0.39, 0.29) is 17.3 Å². The van der Waals surface area contributed by atoms with Crippen LogP contribution in [0.3, 0.4) is 0 Å². The number of fused-ring (bicyclic) bond motifs is 1. The van der Waals surface area contributed by atoms with Gasteiger partial charge in [0.25, 0.3) is 0 Å². The molecule has 2 heterocycles. The molecule has 0 fully saturated rings. The Hall–Kier alpha value is -2.77. The summed E-state index contributed by atoms with van der Waals surface area (Å²) >= 11 is 0. The molecule has 0 bridgehead atoms. The first-order valence-electron chi connectivity index (χ1n) is 9.23. The predicted octanol–water partition coefficient (Wildman–Crippen LogP) is 3.14. The van der Waals surface area contributed by atoms with Crippen LogP contribution >= 0.6 is 0 Å².